The lowest BCUT2D eigenvalue weighted by atomic mass is 9.98. The molecule has 0 unspecified atom stereocenters. The van der Waals surface area contributed by atoms with Crippen LogP contribution in [0.15, 0.2) is 39.8 Å². The summed E-state index contributed by atoms with van der Waals surface area (Å²) >= 11 is 0. The number of ether oxygens (including phenoxy) is 1. The Bertz CT molecular complexity index is 1060. The van der Waals surface area contributed by atoms with Crippen LogP contribution in [0.25, 0.3) is 10.8 Å². The highest BCUT2D eigenvalue weighted by Gasteiger charge is 2.29. The molecule has 9 heteroatoms. The minimum atomic E-state index is -0.260. The molecule has 0 saturated carbocycles. The van der Waals surface area contributed by atoms with Crippen LogP contribution in [-0.2, 0) is 22.5 Å². The average Bonchev–Trinajstić information content (AvgIpc) is 3.23. The molecule has 29 heavy (non-hydrogen) atoms. The number of fused-ring (bicyclic) bond motifs is 1. The highest BCUT2D eigenvalue weighted by Crippen LogP contribution is 2.26. The lowest BCUT2D eigenvalue weighted by molar-refractivity contribution is -0.133. The quantitative estimate of drug-likeness (QED) is 0.619. The van der Waals surface area contributed by atoms with Gasteiger partial charge in [0.05, 0.1) is 24.1 Å². The SMILES string of the molecule is COCCc1noc([C@@H]2CCCN(C(=O)Cn3ncc4ccccc4c3=O)C2)n1. The number of likely N-dealkylation sites (tertiary alicyclic amines) is 1. The fraction of sp³-hybridized carbons (Fsp3) is 0.450. The molecule has 9 nitrogen and oxygen atoms in total. The van der Waals surface area contributed by atoms with Gasteiger partial charge in [0.1, 0.15) is 6.54 Å². The minimum absolute atomic E-state index is 0.00206. The minimum Gasteiger partial charge on any atom is -0.384 e. The number of nitrogens with zero attached hydrogens (tertiary/aromatic N) is 5. The Balaban J connectivity index is 1.44. The number of methoxy groups -OCH3 is 1. The Morgan fingerprint density at radius 2 is 2.21 bits per heavy atom. The molecule has 4 rings (SSSR count). The van der Waals surface area contributed by atoms with E-state index in [9.17, 15) is 9.59 Å². The molecule has 1 saturated heterocycles. The first-order valence-corrected chi connectivity index (χ1v) is 9.70. The van der Waals surface area contributed by atoms with Gasteiger partial charge in [0.2, 0.25) is 11.8 Å². The smallest absolute Gasteiger partial charge is 0.275 e. The molecule has 3 aromatic rings. The second-order valence-corrected chi connectivity index (χ2v) is 7.17. The van der Waals surface area contributed by atoms with Crippen LogP contribution in [0.4, 0.5) is 0 Å². The molecule has 2 aromatic heterocycles. The highest BCUT2D eigenvalue weighted by atomic mass is 16.5. The fourth-order valence-electron chi connectivity index (χ4n) is 3.60. The third kappa shape index (κ3) is 4.19. The topological polar surface area (TPSA) is 103 Å². The van der Waals surface area contributed by atoms with Crippen molar-refractivity contribution in [3.63, 3.8) is 0 Å². The summed E-state index contributed by atoms with van der Waals surface area (Å²) in [6.45, 7) is 1.58. The van der Waals surface area contributed by atoms with Crippen LogP contribution in [0.3, 0.4) is 0 Å². The van der Waals surface area contributed by atoms with E-state index in [1.165, 1.54) is 4.68 Å². The monoisotopic (exact) mass is 397 g/mol. The molecule has 0 N–H and O–H groups in total. The van der Waals surface area contributed by atoms with Gasteiger partial charge < -0.3 is 14.2 Å². The molecule has 0 spiro atoms. The summed E-state index contributed by atoms with van der Waals surface area (Å²) in [6, 6.07) is 7.23. The van der Waals surface area contributed by atoms with Crippen molar-refractivity contribution in [2.75, 3.05) is 26.8 Å². The van der Waals surface area contributed by atoms with Crippen LogP contribution >= 0.6 is 0 Å². The summed E-state index contributed by atoms with van der Waals surface area (Å²) in [5, 5.41) is 9.46. The maximum atomic E-state index is 12.8. The molecule has 3 heterocycles. The van der Waals surface area contributed by atoms with Crippen molar-refractivity contribution in [1.29, 1.82) is 0 Å². The van der Waals surface area contributed by atoms with E-state index < -0.39 is 0 Å². The number of rotatable bonds is 6. The molecule has 1 aromatic carbocycles. The first-order valence-electron chi connectivity index (χ1n) is 9.70. The van der Waals surface area contributed by atoms with Crippen LogP contribution in [0.1, 0.15) is 30.5 Å². The zero-order valence-corrected chi connectivity index (χ0v) is 16.3. The third-order valence-electron chi connectivity index (χ3n) is 5.18. The Morgan fingerprint density at radius 3 is 3.07 bits per heavy atom. The zero-order valence-electron chi connectivity index (χ0n) is 16.3. The van der Waals surface area contributed by atoms with Gasteiger partial charge in [-0.25, -0.2) is 4.68 Å². The van der Waals surface area contributed by atoms with Gasteiger partial charge >= 0.3 is 0 Å². The van der Waals surface area contributed by atoms with E-state index in [1.54, 1.807) is 30.3 Å². The van der Waals surface area contributed by atoms with Gasteiger partial charge in [-0.2, -0.15) is 10.1 Å². The van der Waals surface area contributed by atoms with E-state index >= 15 is 0 Å². The van der Waals surface area contributed by atoms with Crippen molar-refractivity contribution >= 4 is 16.7 Å². The van der Waals surface area contributed by atoms with Crippen molar-refractivity contribution in [1.82, 2.24) is 24.8 Å². The van der Waals surface area contributed by atoms with Crippen LogP contribution in [0.5, 0.6) is 0 Å². The van der Waals surface area contributed by atoms with E-state index in [0.717, 1.165) is 18.2 Å². The third-order valence-corrected chi connectivity index (χ3v) is 5.18. The van der Waals surface area contributed by atoms with Gasteiger partial charge in [0, 0.05) is 32.0 Å². The van der Waals surface area contributed by atoms with Crippen LogP contribution in [-0.4, -0.2) is 57.5 Å². The molecule has 1 aliphatic rings. The Labute approximate surface area is 167 Å². The van der Waals surface area contributed by atoms with Crippen molar-refractivity contribution < 1.29 is 14.1 Å². The maximum Gasteiger partial charge on any atom is 0.275 e. The number of aromatic nitrogens is 4. The van der Waals surface area contributed by atoms with Crippen LogP contribution in [0, 0.1) is 0 Å². The summed E-state index contributed by atoms with van der Waals surface area (Å²) in [5.74, 6) is 1.02. The number of carbonyl (C=O) groups is 1. The number of amides is 1. The van der Waals surface area contributed by atoms with E-state index in [4.69, 9.17) is 9.26 Å². The summed E-state index contributed by atoms with van der Waals surface area (Å²) in [4.78, 5) is 31.6. The molecule has 0 aliphatic carbocycles. The molecule has 152 valence electrons. The maximum absolute atomic E-state index is 12.8. The van der Waals surface area contributed by atoms with E-state index in [-0.39, 0.29) is 23.9 Å². The standard InChI is InChI=1S/C20H23N5O4/c1-28-10-8-17-22-19(29-23-17)15-6-4-9-24(12-15)18(26)13-25-20(27)16-7-3-2-5-14(16)11-21-25/h2-3,5,7,11,15H,4,6,8-10,12-13H2,1H3/t15-/m1/s1. The van der Waals surface area contributed by atoms with Crippen LogP contribution < -0.4 is 5.56 Å². The van der Waals surface area contributed by atoms with Gasteiger partial charge in [-0.15, -0.1) is 0 Å². The lowest BCUT2D eigenvalue weighted by Gasteiger charge is -2.31. The number of piperidine rings is 1. The molecular weight excluding hydrogens is 374 g/mol. The molecule has 1 aliphatic heterocycles. The largest absolute Gasteiger partial charge is 0.384 e. The number of carbonyl (C=O) groups excluding carboxylic acids is 1. The number of hydrogen-bond acceptors (Lipinski definition) is 7. The fourth-order valence-corrected chi connectivity index (χ4v) is 3.60. The molecule has 1 amide bonds. The first-order chi connectivity index (χ1) is 14.2. The van der Waals surface area contributed by atoms with Gasteiger partial charge in [-0.3, -0.25) is 9.59 Å². The van der Waals surface area contributed by atoms with Crippen molar-refractivity contribution in [2.24, 2.45) is 0 Å². The second kappa shape index (κ2) is 8.52. The lowest BCUT2D eigenvalue weighted by Crippen LogP contribution is -2.42. The van der Waals surface area contributed by atoms with Crippen LogP contribution in [0.2, 0.25) is 0 Å². The summed E-state index contributed by atoms with van der Waals surface area (Å²) in [7, 11) is 1.63. The zero-order chi connectivity index (χ0) is 20.2. The van der Waals surface area contributed by atoms with Gasteiger partial charge in [0.15, 0.2) is 5.82 Å². The summed E-state index contributed by atoms with van der Waals surface area (Å²) < 4.78 is 11.7. The van der Waals surface area contributed by atoms with Crippen molar-refractivity contribution in [3.8, 4) is 0 Å². The first kappa shape index (κ1) is 19.3. The van der Waals surface area contributed by atoms with Crippen molar-refractivity contribution in [2.45, 2.75) is 31.7 Å². The Hall–Kier alpha value is -3.07. The summed E-state index contributed by atoms with van der Waals surface area (Å²) in [6.07, 6.45) is 3.92. The molecular formula is C20H23N5O4. The van der Waals surface area contributed by atoms with E-state index in [0.29, 0.717) is 43.2 Å². The second-order valence-electron chi connectivity index (χ2n) is 7.17. The van der Waals surface area contributed by atoms with E-state index in [1.807, 2.05) is 12.1 Å². The number of benzene rings is 1. The van der Waals surface area contributed by atoms with Crippen molar-refractivity contribution in [3.05, 3.63) is 52.5 Å². The van der Waals surface area contributed by atoms with Gasteiger partial charge in [-0.1, -0.05) is 23.4 Å². The van der Waals surface area contributed by atoms with E-state index in [2.05, 4.69) is 15.2 Å². The average molecular weight is 397 g/mol. The van der Waals surface area contributed by atoms with Gasteiger partial charge in [-0.05, 0) is 18.9 Å². The normalized spacial score (nSPS) is 17.0. The Morgan fingerprint density at radius 1 is 1.34 bits per heavy atom. The Kier molecular flexibility index (Phi) is 5.66. The molecule has 1 atom stereocenters. The molecule has 0 radical (unpaired) electrons. The highest BCUT2D eigenvalue weighted by molar-refractivity contribution is 5.81. The predicted molar refractivity (Wildman–Crippen MR) is 104 cm³/mol. The number of hydrogen-bond donors (Lipinski definition) is 0. The van der Waals surface area contributed by atoms with Gasteiger partial charge in [0.25, 0.3) is 5.56 Å². The molecule has 0 bridgehead atoms. The predicted octanol–water partition coefficient (Wildman–Crippen LogP) is 1.37. The summed E-state index contributed by atoms with van der Waals surface area (Å²) in [5.41, 5.74) is -0.260. The molecule has 1 fully saturated rings.